The van der Waals surface area contributed by atoms with Crippen molar-refractivity contribution in [3.05, 3.63) is 48.5 Å². The zero-order valence-electron chi connectivity index (χ0n) is 9.06. The van der Waals surface area contributed by atoms with Crippen LogP contribution in [0.3, 0.4) is 0 Å². The molecule has 0 atom stereocenters. The summed E-state index contributed by atoms with van der Waals surface area (Å²) in [6, 6.07) is 8.28. The van der Waals surface area contributed by atoms with E-state index >= 15 is 0 Å². The van der Waals surface area contributed by atoms with E-state index in [4.69, 9.17) is 0 Å². The standard InChI is InChI=1S/C12H17N3/c1-2-7-14-8-5-6-12(14)11-13-15-9-3-4-10-15/h3-6,8-10,13H,2,7,11H2,1H3. The number of hydrogen-bond donors (Lipinski definition) is 1. The summed E-state index contributed by atoms with van der Waals surface area (Å²) in [5.41, 5.74) is 4.65. The van der Waals surface area contributed by atoms with Gasteiger partial charge >= 0.3 is 0 Å². The zero-order valence-corrected chi connectivity index (χ0v) is 9.06. The van der Waals surface area contributed by atoms with Crippen molar-refractivity contribution in [1.29, 1.82) is 0 Å². The van der Waals surface area contributed by atoms with Crippen molar-refractivity contribution in [3.63, 3.8) is 0 Å². The van der Waals surface area contributed by atoms with Gasteiger partial charge in [0.15, 0.2) is 0 Å². The van der Waals surface area contributed by atoms with Gasteiger partial charge in [-0.2, -0.15) is 0 Å². The smallest absolute Gasteiger partial charge is 0.0716 e. The third-order valence-electron chi connectivity index (χ3n) is 2.44. The molecule has 3 heteroatoms. The highest BCUT2D eigenvalue weighted by Gasteiger charge is 1.98. The molecule has 15 heavy (non-hydrogen) atoms. The van der Waals surface area contributed by atoms with Crippen LogP contribution >= 0.6 is 0 Å². The number of nitrogens with zero attached hydrogens (tertiary/aromatic N) is 2. The highest BCUT2D eigenvalue weighted by atomic mass is 15.4. The molecular weight excluding hydrogens is 186 g/mol. The van der Waals surface area contributed by atoms with Crippen molar-refractivity contribution < 1.29 is 0 Å². The Bertz CT molecular complexity index is 387. The van der Waals surface area contributed by atoms with E-state index in [1.54, 1.807) is 0 Å². The molecule has 0 unspecified atom stereocenters. The van der Waals surface area contributed by atoms with E-state index in [0.717, 1.165) is 13.1 Å². The van der Waals surface area contributed by atoms with Crippen LogP contribution in [-0.4, -0.2) is 9.24 Å². The fraction of sp³-hybridized carbons (Fsp3) is 0.333. The molecule has 3 nitrogen and oxygen atoms in total. The van der Waals surface area contributed by atoms with Gasteiger partial charge in [0, 0.05) is 30.8 Å². The second-order valence-electron chi connectivity index (χ2n) is 3.62. The van der Waals surface area contributed by atoms with Crippen molar-refractivity contribution in [3.8, 4) is 0 Å². The van der Waals surface area contributed by atoms with Crippen LogP contribution in [0.4, 0.5) is 0 Å². The quantitative estimate of drug-likeness (QED) is 0.792. The van der Waals surface area contributed by atoms with E-state index in [-0.39, 0.29) is 0 Å². The van der Waals surface area contributed by atoms with Crippen LogP contribution in [-0.2, 0) is 13.1 Å². The molecule has 0 bridgehead atoms. The summed E-state index contributed by atoms with van der Waals surface area (Å²) in [6.45, 7) is 4.15. The highest BCUT2D eigenvalue weighted by Crippen LogP contribution is 2.03. The molecule has 0 aliphatic carbocycles. The fourth-order valence-electron chi connectivity index (χ4n) is 1.68. The minimum Gasteiger partial charge on any atom is -0.350 e. The van der Waals surface area contributed by atoms with E-state index in [2.05, 4.69) is 35.2 Å². The first-order valence-corrected chi connectivity index (χ1v) is 5.41. The summed E-state index contributed by atoms with van der Waals surface area (Å²) in [7, 11) is 0. The second-order valence-corrected chi connectivity index (χ2v) is 3.62. The highest BCUT2D eigenvalue weighted by molar-refractivity contribution is 5.09. The molecule has 0 aromatic carbocycles. The van der Waals surface area contributed by atoms with Gasteiger partial charge in [0.05, 0.1) is 6.54 Å². The van der Waals surface area contributed by atoms with Gasteiger partial charge < -0.3 is 9.99 Å². The SMILES string of the molecule is CCCn1cccc1CNn1cccc1. The minimum absolute atomic E-state index is 0.863. The van der Waals surface area contributed by atoms with Crippen LogP contribution in [0, 0.1) is 0 Å². The predicted molar refractivity (Wildman–Crippen MR) is 62.2 cm³/mol. The molecule has 2 aromatic heterocycles. The fourth-order valence-corrected chi connectivity index (χ4v) is 1.68. The van der Waals surface area contributed by atoms with Crippen LogP contribution in [0.25, 0.3) is 0 Å². The van der Waals surface area contributed by atoms with Crippen LogP contribution in [0.15, 0.2) is 42.9 Å². The zero-order chi connectivity index (χ0) is 10.5. The second kappa shape index (κ2) is 4.73. The molecule has 0 fully saturated rings. The van der Waals surface area contributed by atoms with Gasteiger partial charge in [-0.05, 0) is 30.7 Å². The Kier molecular flexibility index (Phi) is 3.12. The summed E-state index contributed by atoms with van der Waals surface area (Å²) in [4.78, 5) is 0. The van der Waals surface area contributed by atoms with Crippen LogP contribution < -0.4 is 5.43 Å². The van der Waals surface area contributed by atoms with Crippen molar-refractivity contribution in [2.75, 3.05) is 5.43 Å². The van der Waals surface area contributed by atoms with E-state index in [1.807, 2.05) is 29.2 Å². The van der Waals surface area contributed by atoms with E-state index in [9.17, 15) is 0 Å². The lowest BCUT2D eigenvalue weighted by Crippen LogP contribution is -2.14. The Morgan fingerprint density at radius 3 is 2.67 bits per heavy atom. The summed E-state index contributed by atoms with van der Waals surface area (Å²) < 4.78 is 4.26. The number of hydrogen-bond acceptors (Lipinski definition) is 1. The lowest BCUT2D eigenvalue weighted by Gasteiger charge is -2.10. The van der Waals surface area contributed by atoms with Gasteiger partial charge in [-0.1, -0.05) is 6.92 Å². The molecule has 1 N–H and O–H groups in total. The average Bonchev–Trinajstić information content (AvgIpc) is 2.85. The maximum absolute atomic E-state index is 3.32. The van der Waals surface area contributed by atoms with Crippen molar-refractivity contribution in [1.82, 2.24) is 9.24 Å². The third-order valence-corrected chi connectivity index (χ3v) is 2.44. The van der Waals surface area contributed by atoms with Crippen molar-refractivity contribution in [2.24, 2.45) is 0 Å². The molecule has 0 aliphatic heterocycles. The van der Waals surface area contributed by atoms with E-state index in [0.29, 0.717) is 0 Å². The van der Waals surface area contributed by atoms with E-state index in [1.165, 1.54) is 12.1 Å². The monoisotopic (exact) mass is 203 g/mol. The molecule has 2 heterocycles. The number of rotatable bonds is 5. The first-order valence-electron chi connectivity index (χ1n) is 5.41. The van der Waals surface area contributed by atoms with Crippen LogP contribution in [0.1, 0.15) is 19.0 Å². The normalized spacial score (nSPS) is 10.5. The van der Waals surface area contributed by atoms with Crippen molar-refractivity contribution >= 4 is 0 Å². The molecule has 0 saturated heterocycles. The maximum atomic E-state index is 3.32. The molecule has 0 radical (unpaired) electrons. The van der Waals surface area contributed by atoms with Gasteiger partial charge in [-0.3, -0.25) is 4.68 Å². The summed E-state index contributed by atoms with van der Waals surface area (Å²) in [5.74, 6) is 0. The Morgan fingerprint density at radius 2 is 1.93 bits per heavy atom. The molecular formula is C12H17N3. The molecule has 0 saturated carbocycles. The number of nitrogens with one attached hydrogen (secondary N) is 1. The van der Waals surface area contributed by atoms with Gasteiger partial charge in [0.2, 0.25) is 0 Å². The van der Waals surface area contributed by atoms with Crippen molar-refractivity contribution in [2.45, 2.75) is 26.4 Å². The molecule has 2 aromatic rings. The lowest BCUT2D eigenvalue weighted by molar-refractivity contribution is 0.644. The Morgan fingerprint density at radius 1 is 1.13 bits per heavy atom. The van der Waals surface area contributed by atoms with E-state index < -0.39 is 0 Å². The lowest BCUT2D eigenvalue weighted by atomic mass is 10.4. The topological polar surface area (TPSA) is 21.9 Å². The molecule has 0 spiro atoms. The van der Waals surface area contributed by atoms with Gasteiger partial charge in [0.1, 0.15) is 0 Å². The van der Waals surface area contributed by atoms with Crippen LogP contribution in [0.2, 0.25) is 0 Å². The molecule has 2 rings (SSSR count). The summed E-state index contributed by atoms with van der Waals surface area (Å²) in [6.07, 6.45) is 7.32. The predicted octanol–water partition coefficient (Wildman–Crippen LogP) is 2.44. The first kappa shape index (κ1) is 9.90. The van der Waals surface area contributed by atoms with Crippen LogP contribution in [0.5, 0.6) is 0 Å². The number of aryl methyl sites for hydroxylation is 1. The minimum atomic E-state index is 0.863. The Labute approximate surface area is 90.3 Å². The molecule has 0 aliphatic rings. The average molecular weight is 203 g/mol. The third kappa shape index (κ3) is 2.43. The summed E-state index contributed by atoms with van der Waals surface area (Å²) in [5, 5.41) is 0. The van der Waals surface area contributed by atoms with Gasteiger partial charge in [-0.15, -0.1) is 0 Å². The van der Waals surface area contributed by atoms with Gasteiger partial charge in [0.25, 0.3) is 0 Å². The Balaban J connectivity index is 1.95. The first-order chi connectivity index (χ1) is 7.40. The Hall–Kier alpha value is -1.64. The van der Waals surface area contributed by atoms with Gasteiger partial charge in [-0.25, -0.2) is 0 Å². The molecule has 0 amide bonds. The largest absolute Gasteiger partial charge is 0.350 e. The summed E-state index contributed by atoms with van der Waals surface area (Å²) >= 11 is 0. The number of aromatic nitrogens is 2. The maximum Gasteiger partial charge on any atom is 0.0716 e. The molecule has 80 valence electrons.